The maximum absolute atomic E-state index is 12.9. The van der Waals surface area contributed by atoms with Crippen LogP contribution in [0.3, 0.4) is 0 Å². The monoisotopic (exact) mass is 411 g/mol. The molecule has 0 saturated carbocycles. The van der Waals surface area contributed by atoms with Crippen LogP contribution >= 0.6 is 0 Å². The maximum atomic E-state index is 12.9. The van der Waals surface area contributed by atoms with Crippen molar-refractivity contribution < 1.29 is 27.8 Å². The number of halogens is 2. The van der Waals surface area contributed by atoms with Gasteiger partial charge in [0.05, 0.1) is 6.04 Å². The average molecular weight is 411 g/mol. The Morgan fingerprint density at radius 1 is 0.900 bits per heavy atom. The second-order valence-corrected chi connectivity index (χ2v) is 6.66. The average Bonchev–Trinajstić information content (AvgIpc) is 2.78. The fourth-order valence-corrected chi connectivity index (χ4v) is 3.23. The minimum absolute atomic E-state index is 0.0486. The SMILES string of the molecule is O=C(NC(c1ccccc1)c1ccc(OC(F)F)cc1)C1COc2ccccc2O1. The molecule has 1 amide bonds. The van der Waals surface area contributed by atoms with Gasteiger partial charge in [0.25, 0.3) is 5.91 Å². The van der Waals surface area contributed by atoms with E-state index >= 15 is 0 Å². The summed E-state index contributed by atoms with van der Waals surface area (Å²) in [5.41, 5.74) is 1.55. The van der Waals surface area contributed by atoms with Crippen molar-refractivity contribution in [2.45, 2.75) is 18.8 Å². The third-order valence-corrected chi connectivity index (χ3v) is 4.66. The van der Waals surface area contributed by atoms with Crippen molar-refractivity contribution in [1.82, 2.24) is 5.32 Å². The third kappa shape index (κ3) is 4.51. The molecule has 1 aliphatic rings. The van der Waals surface area contributed by atoms with Crippen LogP contribution in [0.4, 0.5) is 8.78 Å². The lowest BCUT2D eigenvalue weighted by Gasteiger charge is -2.28. The first-order valence-corrected chi connectivity index (χ1v) is 9.39. The number of hydrogen-bond acceptors (Lipinski definition) is 4. The zero-order valence-corrected chi connectivity index (χ0v) is 15.8. The van der Waals surface area contributed by atoms with Crippen molar-refractivity contribution >= 4 is 5.91 Å². The van der Waals surface area contributed by atoms with Crippen LogP contribution in [0.15, 0.2) is 78.9 Å². The number of nitrogens with one attached hydrogen (secondary N) is 1. The summed E-state index contributed by atoms with van der Waals surface area (Å²) in [6.45, 7) is -2.81. The molecule has 0 aliphatic carbocycles. The number of alkyl halides is 2. The minimum Gasteiger partial charge on any atom is -0.485 e. The molecule has 30 heavy (non-hydrogen) atoms. The molecule has 0 spiro atoms. The molecule has 1 aliphatic heterocycles. The van der Waals surface area contributed by atoms with Gasteiger partial charge in [-0.05, 0) is 35.4 Å². The number of carbonyl (C=O) groups excluding carboxylic acids is 1. The molecule has 0 aromatic heterocycles. The topological polar surface area (TPSA) is 56.8 Å². The van der Waals surface area contributed by atoms with Crippen LogP contribution in [-0.4, -0.2) is 25.2 Å². The zero-order chi connectivity index (χ0) is 20.9. The van der Waals surface area contributed by atoms with Gasteiger partial charge in [-0.3, -0.25) is 4.79 Å². The summed E-state index contributed by atoms with van der Waals surface area (Å²) in [4.78, 5) is 12.9. The number of rotatable bonds is 6. The summed E-state index contributed by atoms with van der Waals surface area (Å²) in [5.74, 6) is 0.809. The van der Waals surface area contributed by atoms with E-state index in [2.05, 4.69) is 10.1 Å². The van der Waals surface area contributed by atoms with Gasteiger partial charge in [-0.1, -0.05) is 54.6 Å². The second kappa shape index (κ2) is 8.82. The van der Waals surface area contributed by atoms with Crippen LogP contribution in [-0.2, 0) is 4.79 Å². The normalized spacial score (nSPS) is 16.0. The molecule has 2 atom stereocenters. The Kier molecular flexibility index (Phi) is 5.79. The summed E-state index contributed by atoms with van der Waals surface area (Å²) >= 11 is 0. The minimum atomic E-state index is -2.90. The maximum Gasteiger partial charge on any atom is 0.387 e. The quantitative estimate of drug-likeness (QED) is 0.656. The highest BCUT2D eigenvalue weighted by Crippen LogP contribution is 2.31. The van der Waals surface area contributed by atoms with E-state index < -0.39 is 18.8 Å². The highest BCUT2D eigenvalue weighted by Gasteiger charge is 2.29. The summed E-state index contributed by atoms with van der Waals surface area (Å²) < 4.78 is 40.7. The van der Waals surface area contributed by atoms with Crippen molar-refractivity contribution in [3.63, 3.8) is 0 Å². The fourth-order valence-electron chi connectivity index (χ4n) is 3.23. The molecule has 5 nitrogen and oxygen atoms in total. The summed E-state index contributed by atoms with van der Waals surface area (Å²) in [5, 5.41) is 2.98. The Hall–Kier alpha value is -3.61. The standard InChI is InChI=1S/C23H19F2NO4/c24-23(25)29-17-12-10-16(11-13-17)21(15-6-2-1-3-7-15)26-22(27)20-14-28-18-8-4-5-9-19(18)30-20/h1-13,20-21,23H,14H2,(H,26,27). The highest BCUT2D eigenvalue weighted by atomic mass is 19.3. The fraction of sp³-hybridized carbons (Fsp3) is 0.174. The van der Waals surface area contributed by atoms with E-state index in [1.165, 1.54) is 12.1 Å². The molecule has 3 aromatic rings. The lowest BCUT2D eigenvalue weighted by atomic mass is 9.98. The highest BCUT2D eigenvalue weighted by molar-refractivity contribution is 5.82. The molecule has 1 heterocycles. The van der Waals surface area contributed by atoms with Crippen molar-refractivity contribution in [2.24, 2.45) is 0 Å². The van der Waals surface area contributed by atoms with Gasteiger partial charge in [0.1, 0.15) is 12.4 Å². The van der Waals surface area contributed by atoms with Crippen molar-refractivity contribution in [3.05, 3.63) is 90.0 Å². The number of carbonyl (C=O) groups is 1. The Labute approximate surface area is 172 Å². The molecular formula is C23H19F2NO4. The van der Waals surface area contributed by atoms with Gasteiger partial charge in [-0.2, -0.15) is 8.78 Å². The van der Waals surface area contributed by atoms with Crippen LogP contribution in [0.25, 0.3) is 0 Å². The Bertz CT molecular complexity index is 996. The second-order valence-electron chi connectivity index (χ2n) is 6.66. The van der Waals surface area contributed by atoms with E-state index in [0.717, 1.165) is 5.56 Å². The number of amides is 1. The van der Waals surface area contributed by atoms with Crippen LogP contribution in [0, 0.1) is 0 Å². The van der Waals surface area contributed by atoms with Crippen molar-refractivity contribution in [1.29, 1.82) is 0 Å². The smallest absolute Gasteiger partial charge is 0.387 e. The largest absolute Gasteiger partial charge is 0.485 e. The van der Waals surface area contributed by atoms with Crippen LogP contribution in [0.2, 0.25) is 0 Å². The number of para-hydroxylation sites is 2. The number of ether oxygens (including phenoxy) is 3. The summed E-state index contributed by atoms with van der Waals surface area (Å²) in [6, 6.07) is 22.2. The molecule has 3 aromatic carbocycles. The number of fused-ring (bicyclic) bond motifs is 1. The Morgan fingerprint density at radius 3 is 2.23 bits per heavy atom. The van der Waals surface area contributed by atoms with E-state index in [9.17, 15) is 13.6 Å². The number of benzene rings is 3. The molecule has 0 fully saturated rings. The Morgan fingerprint density at radius 2 is 1.53 bits per heavy atom. The molecule has 154 valence electrons. The van der Waals surface area contributed by atoms with Gasteiger partial charge in [0, 0.05) is 0 Å². The summed E-state index contributed by atoms with van der Waals surface area (Å²) in [7, 11) is 0. The number of hydrogen-bond donors (Lipinski definition) is 1. The van der Waals surface area contributed by atoms with Gasteiger partial charge < -0.3 is 19.5 Å². The van der Waals surface area contributed by atoms with Crippen LogP contribution in [0.5, 0.6) is 17.2 Å². The van der Waals surface area contributed by atoms with Gasteiger partial charge in [0.15, 0.2) is 11.5 Å². The molecule has 2 unspecified atom stereocenters. The van der Waals surface area contributed by atoms with Gasteiger partial charge >= 0.3 is 6.61 Å². The van der Waals surface area contributed by atoms with Gasteiger partial charge in [-0.15, -0.1) is 0 Å². The molecule has 7 heteroatoms. The van der Waals surface area contributed by atoms with E-state index in [4.69, 9.17) is 9.47 Å². The van der Waals surface area contributed by atoms with E-state index in [1.54, 1.807) is 30.3 Å². The predicted molar refractivity (Wildman–Crippen MR) is 106 cm³/mol. The van der Waals surface area contributed by atoms with Gasteiger partial charge in [0.2, 0.25) is 6.10 Å². The van der Waals surface area contributed by atoms with Crippen molar-refractivity contribution in [2.75, 3.05) is 6.61 Å². The lowest BCUT2D eigenvalue weighted by molar-refractivity contribution is -0.130. The molecule has 0 radical (unpaired) electrons. The third-order valence-electron chi connectivity index (χ3n) is 4.66. The molecule has 0 saturated heterocycles. The molecule has 4 rings (SSSR count). The Balaban J connectivity index is 1.54. The lowest BCUT2D eigenvalue weighted by Crippen LogP contribution is -2.45. The molecule has 0 bridgehead atoms. The van der Waals surface area contributed by atoms with E-state index in [-0.39, 0.29) is 18.3 Å². The first kappa shape index (κ1) is 19.7. The summed E-state index contributed by atoms with van der Waals surface area (Å²) in [6.07, 6.45) is -0.812. The first-order valence-electron chi connectivity index (χ1n) is 9.39. The van der Waals surface area contributed by atoms with Crippen molar-refractivity contribution in [3.8, 4) is 17.2 Å². The van der Waals surface area contributed by atoms with E-state index in [1.807, 2.05) is 36.4 Å². The molecular weight excluding hydrogens is 392 g/mol. The van der Waals surface area contributed by atoms with Crippen LogP contribution < -0.4 is 19.5 Å². The zero-order valence-electron chi connectivity index (χ0n) is 15.8. The van der Waals surface area contributed by atoms with Gasteiger partial charge in [-0.25, -0.2) is 0 Å². The predicted octanol–water partition coefficient (Wildman–Crippen LogP) is 4.33. The first-order chi connectivity index (χ1) is 14.6. The van der Waals surface area contributed by atoms with E-state index in [0.29, 0.717) is 17.1 Å². The molecule has 1 N–H and O–H groups in total. The van der Waals surface area contributed by atoms with Crippen LogP contribution in [0.1, 0.15) is 17.2 Å².